The van der Waals surface area contributed by atoms with E-state index in [1.165, 1.54) is 0 Å². The molecule has 0 aliphatic carbocycles. The number of halogens is 1. The Morgan fingerprint density at radius 3 is 2.93 bits per heavy atom. The number of thioether (sulfide) groups is 1. The molecular weight excluding hydrogens is 230 g/mol. The van der Waals surface area contributed by atoms with Gasteiger partial charge < -0.3 is 5.32 Å². The molecule has 1 N–H and O–H groups in total. The van der Waals surface area contributed by atoms with Crippen LogP contribution in [-0.2, 0) is 4.79 Å². The van der Waals surface area contributed by atoms with Gasteiger partial charge in [-0.15, -0.1) is 0 Å². The molecule has 0 bridgehead atoms. The first kappa shape index (κ1) is 12.4. The van der Waals surface area contributed by atoms with E-state index in [4.69, 9.17) is 11.6 Å². The zero-order chi connectivity index (χ0) is 11.3. The van der Waals surface area contributed by atoms with Gasteiger partial charge in [-0.2, -0.15) is 11.8 Å². The summed E-state index contributed by atoms with van der Waals surface area (Å²) in [6.07, 6.45) is 2.52. The van der Waals surface area contributed by atoms with Crippen LogP contribution in [0, 0.1) is 6.92 Å². The lowest BCUT2D eigenvalue weighted by atomic mass is 10.2. The third-order valence-corrected chi connectivity index (χ3v) is 3.10. The third kappa shape index (κ3) is 3.76. The lowest BCUT2D eigenvalue weighted by Gasteiger charge is -2.08. The largest absolute Gasteiger partial charge is 0.326 e. The zero-order valence-corrected chi connectivity index (χ0v) is 10.4. The molecule has 82 valence electrons. The first-order valence-corrected chi connectivity index (χ1v) is 6.46. The molecule has 0 fully saturated rings. The SMILES string of the molecule is CSCCC(=O)Nc1cccc(Cl)c1C. The molecule has 0 unspecified atom stereocenters. The van der Waals surface area contributed by atoms with Gasteiger partial charge >= 0.3 is 0 Å². The fraction of sp³-hybridized carbons (Fsp3) is 0.364. The molecule has 2 nitrogen and oxygen atoms in total. The Labute approximate surface area is 99.4 Å². The monoisotopic (exact) mass is 243 g/mol. The second-order valence-corrected chi connectivity index (χ2v) is 4.60. The van der Waals surface area contributed by atoms with Gasteiger partial charge in [-0.3, -0.25) is 4.79 Å². The molecule has 0 aliphatic rings. The minimum atomic E-state index is 0.0368. The maximum absolute atomic E-state index is 11.5. The number of anilines is 1. The van der Waals surface area contributed by atoms with E-state index in [1.54, 1.807) is 11.8 Å². The molecule has 0 atom stereocenters. The molecule has 0 aliphatic heterocycles. The third-order valence-electron chi connectivity index (χ3n) is 2.08. The van der Waals surface area contributed by atoms with Crippen molar-refractivity contribution in [1.29, 1.82) is 0 Å². The van der Waals surface area contributed by atoms with Gasteiger partial charge in [0.2, 0.25) is 5.91 Å². The average molecular weight is 244 g/mol. The van der Waals surface area contributed by atoms with Gasteiger partial charge in [-0.25, -0.2) is 0 Å². The molecule has 1 rings (SSSR count). The maximum atomic E-state index is 11.5. The van der Waals surface area contributed by atoms with E-state index >= 15 is 0 Å². The molecule has 0 aromatic heterocycles. The Morgan fingerprint density at radius 1 is 1.53 bits per heavy atom. The molecule has 1 amide bonds. The minimum absolute atomic E-state index is 0.0368. The van der Waals surface area contributed by atoms with Gasteiger partial charge in [0.25, 0.3) is 0 Å². The first-order valence-electron chi connectivity index (χ1n) is 4.69. The number of nitrogens with one attached hydrogen (secondary N) is 1. The molecule has 1 aromatic rings. The summed E-state index contributed by atoms with van der Waals surface area (Å²) in [5.74, 6) is 0.876. The van der Waals surface area contributed by atoms with Crippen molar-refractivity contribution in [3.05, 3.63) is 28.8 Å². The average Bonchev–Trinajstić information content (AvgIpc) is 2.22. The van der Waals surface area contributed by atoms with E-state index in [0.717, 1.165) is 17.0 Å². The molecule has 15 heavy (non-hydrogen) atoms. The van der Waals surface area contributed by atoms with Crippen LogP contribution in [0.15, 0.2) is 18.2 Å². The van der Waals surface area contributed by atoms with Gasteiger partial charge in [0, 0.05) is 22.9 Å². The Hall–Kier alpha value is -0.670. The van der Waals surface area contributed by atoms with Gasteiger partial charge in [-0.05, 0) is 30.9 Å². The van der Waals surface area contributed by atoms with E-state index in [-0.39, 0.29) is 5.91 Å². The number of hydrogen-bond acceptors (Lipinski definition) is 2. The minimum Gasteiger partial charge on any atom is -0.326 e. The summed E-state index contributed by atoms with van der Waals surface area (Å²) in [4.78, 5) is 11.5. The Bertz CT molecular complexity index is 354. The highest BCUT2D eigenvalue weighted by Gasteiger charge is 2.05. The second kappa shape index (κ2) is 6.03. The molecule has 0 saturated heterocycles. The van der Waals surface area contributed by atoms with Crippen molar-refractivity contribution in [3.63, 3.8) is 0 Å². The van der Waals surface area contributed by atoms with E-state index in [0.29, 0.717) is 11.4 Å². The highest BCUT2D eigenvalue weighted by molar-refractivity contribution is 7.98. The van der Waals surface area contributed by atoms with Gasteiger partial charge in [0.05, 0.1) is 0 Å². The quantitative estimate of drug-likeness (QED) is 0.879. The lowest BCUT2D eigenvalue weighted by Crippen LogP contribution is -2.13. The molecule has 1 aromatic carbocycles. The van der Waals surface area contributed by atoms with Crippen molar-refractivity contribution in [2.45, 2.75) is 13.3 Å². The summed E-state index contributed by atoms with van der Waals surface area (Å²) in [6.45, 7) is 1.90. The fourth-order valence-corrected chi connectivity index (χ4v) is 1.71. The molecule has 0 heterocycles. The summed E-state index contributed by atoms with van der Waals surface area (Å²) in [5, 5.41) is 3.53. The highest BCUT2D eigenvalue weighted by Crippen LogP contribution is 2.22. The van der Waals surface area contributed by atoms with E-state index < -0.39 is 0 Å². The summed E-state index contributed by atoms with van der Waals surface area (Å²) in [5.41, 5.74) is 1.71. The molecule has 4 heteroatoms. The van der Waals surface area contributed by atoms with Crippen molar-refractivity contribution >= 4 is 35.0 Å². The summed E-state index contributed by atoms with van der Waals surface area (Å²) in [6, 6.07) is 5.51. The number of rotatable bonds is 4. The Morgan fingerprint density at radius 2 is 2.27 bits per heavy atom. The predicted octanol–water partition coefficient (Wildman–Crippen LogP) is 3.34. The maximum Gasteiger partial charge on any atom is 0.225 e. The molecule has 0 spiro atoms. The number of amides is 1. The van der Waals surface area contributed by atoms with Crippen LogP contribution in [0.2, 0.25) is 5.02 Å². The van der Waals surface area contributed by atoms with Crippen LogP contribution >= 0.6 is 23.4 Å². The van der Waals surface area contributed by atoms with Crippen LogP contribution in [0.1, 0.15) is 12.0 Å². The molecular formula is C11H14ClNOS. The topological polar surface area (TPSA) is 29.1 Å². The van der Waals surface area contributed by atoms with Crippen LogP contribution in [0.3, 0.4) is 0 Å². The molecule has 0 radical (unpaired) electrons. The van der Waals surface area contributed by atoms with Crippen molar-refractivity contribution in [2.24, 2.45) is 0 Å². The van der Waals surface area contributed by atoms with Gasteiger partial charge in [0.15, 0.2) is 0 Å². The van der Waals surface area contributed by atoms with E-state index in [2.05, 4.69) is 5.32 Å². The number of carbonyl (C=O) groups excluding carboxylic acids is 1. The highest BCUT2D eigenvalue weighted by atomic mass is 35.5. The smallest absolute Gasteiger partial charge is 0.225 e. The Balaban J connectivity index is 2.64. The standard InChI is InChI=1S/C11H14ClNOS/c1-8-9(12)4-3-5-10(8)13-11(14)6-7-15-2/h3-5H,6-7H2,1-2H3,(H,13,14). The van der Waals surface area contributed by atoms with Crippen LogP contribution in [-0.4, -0.2) is 17.9 Å². The number of benzene rings is 1. The summed E-state index contributed by atoms with van der Waals surface area (Å²) < 4.78 is 0. The zero-order valence-electron chi connectivity index (χ0n) is 8.84. The predicted molar refractivity (Wildman–Crippen MR) is 67.8 cm³/mol. The van der Waals surface area contributed by atoms with Crippen molar-refractivity contribution in [3.8, 4) is 0 Å². The van der Waals surface area contributed by atoms with E-state index in [1.807, 2.05) is 31.4 Å². The van der Waals surface area contributed by atoms with Gasteiger partial charge in [0.1, 0.15) is 0 Å². The number of hydrogen-bond donors (Lipinski definition) is 1. The van der Waals surface area contributed by atoms with Crippen LogP contribution in [0.25, 0.3) is 0 Å². The summed E-state index contributed by atoms with van der Waals surface area (Å²) in [7, 11) is 0. The second-order valence-electron chi connectivity index (χ2n) is 3.20. The lowest BCUT2D eigenvalue weighted by molar-refractivity contribution is -0.115. The van der Waals surface area contributed by atoms with Gasteiger partial charge in [-0.1, -0.05) is 17.7 Å². The van der Waals surface area contributed by atoms with Crippen molar-refractivity contribution in [1.82, 2.24) is 0 Å². The summed E-state index contributed by atoms with van der Waals surface area (Å²) >= 11 is 7.61. The Kier molecular flexibility index (Phi) is 4.99. The number of carbonyl (C=O) groups is 1. The van der Waals surface area contributed by atoms with E-state index in [9.17, 15) is 4.79 Å². The fourth-order valence-electron chi connectivity index (χ4n) is 1.15. The van der Waals surface area contributed by atoms with Crippen LogP contribution in [0.4, 0.5) is 5.69 Å². The van der Waals surface area contributed by atoms with Crippen LogP contribution in [0.5, 0.6) is 0 Å². The first-order chi connectivity index (χ1) is 7.15. The van der Waals surface area contributed by atoms with Crippen LogP contribution < -0.4 is 5.32 Å². The van der Waals surface area contributed by atoms with Crippen molar-refractivity contribution in [2.75, 3.05) is 17.3 Å². The molecule has 0 saturated carbocycles. The normalized spacial score (nSPS) is 10.1. The van der Waals surface area contributed by atoms with Crippen molar-refractivity contribution < 1.29 is 4.79 Å².